The van der Waals surface area contributed by atoms with Crippen LogP contribution in [0.5, 0.6) is 5.75 Å². The Morgan fingerprint density at radius 2 is 2.10 bits per heavy atom. The number of pyridine rings is 1. The largest absolute Gasteiger partial charge is 0.511 e. The van der Waals surface area contributed by atoms with Gasteiger partial charge in [0.25, 0.3) is 0 Å². The van der Waals surface area contributed by atoms with Gasteiger partial charge in [0, 0.05) is 12.7 Å². The number of hydrogen-bond donors (Lipinski definition) is 0. The van der Waals surface area contributed by atoms with Gasteiger partial charge in [0.2, 0.25) is 0 Å². The average molecular weight is 285 g/mol. The van der Waals surface area contributed by atoms with E-state index in [0.717, 1.165) is 18.7 Å². The predicted molar refractivity (Wildman–Crippen MR) is 67.6 cm³/mol. The second kappa shape index (κ2) is 5.93. The first kappa shape index (κ1) is 14.4. The number of hydrogen-bond acceptors (Lipinski definition) is 4. The van der Waals surface area contributed by atoms with E-state index in [-0.39, 0.29) is 12.4 Å². The molecular formula is C11H13BF3N4O-. The van der Waals surface area contributed by atoms with E-state index >= 15 is 0 Å². The molecule has 9 heteroatoms. The van der Waals surface area contributed by atoms with Crippen LogP contribution in [-0.2, 0) is 13.2 Å². The smallest absolute Gasteiger partial charge is 0.484 e. The molecule has 5 nitrogen and oxygen atoms in total. The fourth-order valence-corrected chi connectivity index (χ4v) is 1.64. The highest BCUT2D eigenvalue weighted by Gasteiger charge is 2.26. The topological polar surface area (TPSA) is 52.8 Å². The molecule has 0 amide bonds. The Morgan fingerprint density at radius 1 is 1.30 bits per heavy atom. The minimum absolute atomic E-state index is 0.0516. The molecule has 108 valence electrons. The molecule has 0 aliphatic carbocycles. The highest BCUT2D eigenvalue weighted by Crippen LogP contribution is 2.14. The molecule has 0 bridgehead atoms. The highest BCUT2D eigenvalue weighted by atomic mass is 19.4. The molecule has 0 aromatic carbocycles. The van der Waals surface area contributed by atoms with Crippen molar-refractivity contribution >= 4 is 12.4 Å². The van der Waals surface area contributed by atoms with Crippen LogP contribution in [0.4, 0.5) is 12.9 Å². The molecular weight excluding hydrogens is 272 g/mol. The maximum atomic E-state index is 12.6. The van der Waals surface area contributed by atoms with Gasteiger partial charge >= 0.3 is 6.98 Å². The van der Waals surface area contributed by atoms with Crippen molar-refractivity contribution in [1.29, 1.82) is 0 Å². The average Bonchev–Trinajstić information content (AvgIpc) is 2.84. The van der Waals surface area contributed by atoms with Crippen molar-refractivity contribution in [3.63, 3.8) is 0 Å². The van der Waals surface area contributed by atoms with Crippen LogP contribution in [0, 0.1) is 0 Å². The number of aryl methyl sites for hydroxylation is 1. The number of aromatic nitrogens is 4. The number of rotatable bonds is 6. The Bertz CT molecular complexity index is 573. The quantitative estimate of drug-likeness (QED) is 0.758. The molecule has 20 heavy (non-hydrogen) atoms. The fourth-order valence-electron chi connectivity index (χ4n) is 1.64. The third-order valence-electron chi connectivity index (χ3n) is 2.61. The molecule has 0 saturated heterocycles. The molecule has 0 aliphatic heterocycles. The lowest BCUT2D eigenvalue weighted by atomic mass is 9.81. The van der Waals surface area contributed by atoms with Gasteiger partial charge in [0.15, 0.2) is 5.82 Å². The van der Waals surface area contributed by atoms with E-state index in [9.17, 15) is 12.9 Å². The van der Waals surface area contributed by atoms with Gasteiger partial charge < -0.3 is 17.7 Å². The van der Waals surface area contributed by atoms with E-state index in [4.69, 9.17) is 4.74 Å². The molecule has 2 heterocycles. The summed E-state index contributed by atoms with van der Waals surface area (Å²) in [5.41, 5.74) is -0.780. The summed E-state index contributed by atoms with van der Waals surface area (Å²) in [6.07, 6.45) is 4.30. The summed E-state index contributed by atoms with van der Waals surface area (Å²) >= 11 is 0. The molecule has 0 spiro atoms. The number of halogens is 3. The Kier molecular flexibility index (Phi) is 4.26. The zero-order chi connectivity index (χ0) is 14.6. The van der Waals surface area contributed by atoms with Crippen LogP contribution < -0.4 is 10.2 Å². The normalized spacial score (nSPS) is 11.6. The van der Waals surface area contributed by atoms with Gasteiger partial charge in [-0.25, -0.2) is 9.67 Å². The van der Waals surface area contributed by atoms with E-state index in [0.29, 0.717) is 12.4 Å². The van der Waals surface area contributed by atoms with Crippen molar-refractivity contribution in [1.82, 2.24) is 19.7 Å². The maximum absolute atomic E-state index is 12.6. The summed E-state index contributed by atoms with van der Waals surface area (Å²) in [6.45, 7) is -2.35. The van der Waals surface area contributed by atoms with Gasteiger partial charge in [0.05, 0.1) is 6.20 Å². The van der Waals surface area contributed by atoms with Crippen molar-refractivity contribution in [3.05, 3.63) is 30.6 Å². The van der Waals surface area contributed by atoms with Crippen LogP contribution in [0.3, 0.4) is 0 Å². The summed E-state index contributed by atoms with van der Waals surface area (Å²) in [4.78, 5) is 7.55. The highest BCUT2D eigenvalue weighted by molar-refractivity contribution is 6.73. The van der Waals surface area contributed by atoms with Crippen molar-refractivity contribution in [3.8, 4) is 5.75 Å². The summed E-state index contributed by atoms with van der Waals surface area (Å²) in [5.74, 6) is 0.627. The molecule has 0 N–H and O–H groups in total. The van der Waals surface area contributed by atoms with Gasteiger partial charge in [-0.3, -0.25) is 4.98 Å². The molecule has 0 radical (unpaired) electrons. The minimum Gasteiger partial charge on any atom is -0.484 e. The zero-order valence-electron chi connectivity index (χ0n) is 10.8. The van der Waals surface area contributed by atoms with Crippen LogP contribution >= 0.6 is 0 Å². The standard InChI is InChI=1S/C11H13BF3N4O/c1-2-3-19-11(17-8-18-19)7-20-10-4-9(5-16-6-10)12(13,14)15/h4-6,8H,2-3,7H2,1H3/q-1. The van der Waals surface area contributed by atoms with E-state index in [1.54, 1.807) is 4.68 Å². The molecule has 0 fully saturated rings. The first-order valence-electron chi connectivity index (χ1n) is 6.15. The Labute approximate surface area is 113 Å². The van der Waals surface area contributed by atoms with Gasteiger partial charge in [-0.15, -0.1) is 0 Å². The van der Waals surface area contributed by atoms with Gasteiger partial charge in [-0.1, -0.05) is 12.4 Å². The molecule has 0 saturated carbocycles. The van der Waals surface area contributed by atoms with E-state index < -0.39 is 12.4 Å². The van der Waals surface area contributed by atoms with Crippen molar-refractivity contribution in [2.45, 2.75) is 26.5 Å². The van der Waals surface area contributed by atoms with Crippen LogP contribution in [0.2, 0.25) is 0 Å². The summed E-state index contributed by atoms with van der Waals surface area (Å²) in [7, 11) is 0. The van der Waals surface area contributed by atoms with E-state index in [1.807, 2.05) is 6.92 Å². The molecule has 0 atom stereocenters. The van der Waals surface area contributed by atoms with Crippen molar-refractivity contribution in [2.24, 2.45) is 0 Å². The van der Waals surface area contributed by atoms with Crippen LogP contribution in [0.15, 0.2) is 24.8 Å². The predicted octanol–water partition coefficient (Wildman–Crippen LogP) is 1.72. The van der Waals surface area contributed by atoms with Gasteiger partial charge in [0.1, 0.15) is 18.7 Å². The third kappa shape index (κ3) is 3.49. The Balaban J connectivity index is 2.05. The summed E-state index contributed by atoms with van der Waals surface area (Å²) in [6, 6.07) is 0.938. The van der Waals surface area contributed by atoms with Crippen LogP contribution in [0.25, 0.3) is 0 Å². The maximum Gasteiger partial charge on any atom is 0.511 e. The molecule has 2 rings (SSSR count). The lowest BCUT2D eigenvalue weighted by Gasteiger charge is -2.15. The lowest BCUT2D eigenvalue weighted by molar-refractivity contribution is 0.285. The minimum atomic E-state index is -5.08. The molecule has 0 aliphatic rings. The molecule has 0 unspecified atom stereocenters. The lowest BCUT2D eigenvalue weighted by Crippen LogP contribution is -2.34. The first-order valence-corrected chi connectivity index (χ1v) is 6.15. The monoisotopic (exact) mass is 285 g/mol. The Morgan fingerprint density at radius 3 is 2.80 bits per heavy atom. The fraction of sp³-hybridized carbons (Fsp3) is 0.364. The zero-order valence-corrected chi connectivity index (χ0v) is 10.8. The van der Waals surface area contributed by atoms with Crippen LogP contribution in [-0.4, -0.2) is 26.7 Å². The van der Waals surface area contributed by atoms with E-state index in [1.165, 1.54) is 12.5 Å². The first-order chi connectivity index (χ1) is 9.50. The summed E-state index contributed by atoms with van der Waals surface area (Å²) < 4.78 is 44.7. The van der Waals surface area contributed by atoms with Crippen molar-refractivity contribution in [2.75, 3.05) is 0 Å². The number of ether oxygens (including phenoxy) is 1. The Hall–Kier alpha value is -2.06. The second-order valence-corrected chi connectivity index (χ2v) is 4.22. The van der Waals surface area contributed by atoms with E-state index in [2.05, 4.69) is 15.1 Å². The third-order valence-corrected chi connectivity index (χ3v) is 2.61. The molecule has 2 aromatic rings. The summed E-state index contributed by atoms with van der Waals surface area (Å²) in [5, 5.41) is 4.01. The van der Waals surface area contributed by atoms with Gasteiger partial charge in [-0.05, 0) is 12.5 Å². The van der Waals surface area contributed by atoms with Gasteiger partial charge in [-0.2, -0.15) is 5.10 Å². The number of nitrogens with zero attached hydrogens (tertiary/aromatic N) is 4. The SMILES string of the molecule is CCCn1ncnc1COc1cncc([B-](F)(F)F)c1. The van der Waals surface area contributed by atoms with Crippen LogP contribution in [0.1, 0.15) is 19.2 Å². The molecule has 2 aromatic heterocycles. The second-order valence-electron chi connectivity index (χ2n) is 4.22. The van der Waals surface area contributed by atoms with Crippen molar-refractivity contribution < 1.29 is 17.7 Å².